The summed E-state index contributed by atoms with van der Waals surface area (Å²) in [7, 11) is 0. The Morgan fingerprint density at radius 1 is 1.25 bits per heavy atom. The zero-order valence-electron chi connectivity index (χ0n) is 11.6. The number of tetrazole rings is 1. The molecule has 3 rings (SSSR count). The number of hydrogen-bond donors (Lipinski definition) is 1. The zero-order valence-corrected chi connectivity index (χ0v) is 12.4. The minimum Gasteiger partial charge on any atom is -0.355 e. The van der Waals surface area contributed by atoms with E-state index in [4.69, 9.17) is 0 Å². The molecule has 1 aromatic rings. The van der Waals surface area contributed by atoms with Crippen LogP contribution >= 0.6 is 11.8 Å². The van der Waals surface area contributed by atoms with Crippen molar-refractivity contribution in [3.63, 3.8) is 0 Å². The Labute approximate surface area is 123 Å². The average molecular weight is 295 g/mol. The number of rotatable bonds is 6. The molecule has 0 bridgehead atoms. The maximum Gasteiger partial charge on any atom is 0.230 e. The molecule has 2 fully saturated rings. The zero-order chi connectivity index (χ0) is 13.8. The van der Waals surface area contributed by atoms with Crippen LogP contribution in [0.1, 0.15) is 51.0 Å². The Kier molecular flexibility index (Phi) is 4.54. The first-order valence-electron chi connectivity index (χ1n) is 7.50. The van der Waals surface area contributed by atoms with Crippen LogP contribution in [0.2, 0.25) is 0 Å². The molecule has 7 heteroatoms. The molecule has 1 heterocycles. The van der Waals surface area contributed by atoms with Gasteiger partial charge in [-0.1, -0.05) is 31.0 Å². The molecule has 110 valence electrons. The molecule has 0 unspecified atom stereocenters. The van der Waals surface area contributed by atoms with Crippen molar-refractivity contribution < 1.29 is 4.79 Å². The van der Waals surface area contributed by atoms with Crippen molar-refractivity contribution in [3.8, 4) is 0 Å². The molecule has 0 atom stereocenters. The Hall–Kier alpha value is -1.11. The Bertz CT molecular complexity index is 453. The largest absolute Gasteiger partial charge is 0.355 e. The number of hydrogen-bond acceptors (Lipinski definition) is 5. The second-order valence-electron chi connectivity index (χ2n) is 5.73. The van der Waals surface area contributed by atoms with Crippen molar-refractivity contribution >= 4 is 17.7 Å². The van der Waals surface area contributed by atoms with Crippen LogP contribution in [0.25, 0.3) is 0 Å². The summed E-state index contributed by atoms with van der Waals surface area (Å²) in [6, 6.07) is 0.456. The molecule has 2 saturated carbocycles. The van der Waals surface area contributed by atoms with Crippen molar-refractivity contribution in [2.75, 3.05) is 12.3 Å². The van der Waals surface area contributed by atoms with Crippen molar-refractivity contribution in [3.05, 3.63) is 0 Å². The fourth-order valence-electron chi connectivity index (χ4n) is 2.66. The van der Waals surface area contributed by atoms with Crippen molar-refractivity contribution in [1.82, 2.24) is 25.5 Å². The smallest absolute Gasteiger partial charge is 0.230 e. The SMILES string of the molecule is O=C(CSc1nnnn1C1CC1)NCC1CCCCC1. The molecule has 0 radical (unpaired) electrons. The maximum atomic E-state index is 11.9. The first-order valence-corrected chi connectivity index (χ1v) is 8.49. The van der Waals surface area contributed by atoms with E-state index in [1.807, 2.05) is 4.68 Å². The normalized spacial score (nSPS) is 20.0. The molecule has 0 saturated heterocycles. The van der Waals surface area contributed by atoms with Gasteiger partial charge in [-0.25, -0.2) is 4.68 Å². The minimum absolute atomic E-state index is 0.0888. The van der Waals surface area contributed by atoms with E-state index < -0.39 is 0 Å². The molecule has 0 aromatic carbocycles. The van der Waals surface area contributed by atoms with Gasteiger partial charge in [0, 0.05) is 6.54 Å². The van der Waals surface area contributed by atoms with Gasteiger partial charge in [0.2, 0.25) is 11.1 Å². The Morgan fingerprint density at radius 3 is 2.80 bits per heavy atom. The van der Waals surface area contributed by atoms with Crippen LogP contribution in [-0.4, -0.2) is 38.4 Å². The van der Waals surface area contributed by atoms with Crippen LogP contribution in [0.5, 0.6) is 0 Å². The van der Waals surface area contributed by atoms with E-state index in [2.05, 4.69) is 20.8 Å². The third-order valence-corrected chi connectivity index (χ3v) is 4.93. The lowest BCUT2D eigenvalue weighted by Gasteiger charge is -2.21. The number of carbonyl (C=O) groups excluding carboxylic acids is 1. The molecule has 2 aliphatic rings. The number of amides is 1. The highest BCUT2D eigenvalue weighted by Crippen LogP contribution is 2.36. The van der Waals surface area contributed by atoms with E-state index in [1.54, 1.807) is 0 Å². The van der Waals surface area contributed by atoms with Crippen LogP contribution in [0.4, 0.5) is 0 Å². The van der Waals surface area contributed by atoms with Crippen molar-refractivity contribution in [1.29, 1.82) is 0 Å². The second kappa shape index (κ2) is 6.56. The summed E-state index contributed by atoms with van der Waals surface area (Å²) in [6.45, 7) is 0.826. The number of aromatic nitrogens is 4. The highest BCUT2D eigenvalue weighted by Gasteiger charge is 2.28. The molecular weight excluding hydrogens is 274 g/mol. The van der Waals surface area contributed by atoms with Gasteiger partial charge in [-0.05, 0) is 42.0 Å². The second-order valence-corrected chi connectivity index (χ2v) is 6.68. The average Bonchev–Trinajstić information content (AvgIpc) is 3.22. The van der Waals surface area contributed by atoms with Crippen LogP contribution in [0.15, 0.2) is 5.16 Å². The van der Waals surface area contributed by atoms with Gasteiger partial charge in [0.1, 0.15) is 0 Å². The summed E-state index contributed by atoms with van der Waals surface area (Å²) in [4.78, 5) is 11.9. The fourth-order valence-corrected chi connectivity index (χ4v) is 3.43. The van der Waals surface area contributed by atoms with Gasteiger partial charge in [0.05, 0.1) is 11.8 Å². The summed E-state index contributed by atoms with van der Waals surface area (Å²) in [5.41, 5.74) is 0. The van der Waals surface area contributed by atoms with Crippen molar-refractivity contribution in [2.45, 2.75) is 56.1 Å². The Morgan fingerprint density at radius 2 is 2.05 bits per heavy atom. The molecular formula is C13H21N5OS. The van der Waals surface area contributed by atoms with Gasteiger partial charge in [0.15, 0.2) is 0 Å². The molecule has 0 aliphatic heterocycles. The van der Waals surface area contributed by atoms with Crippen molar-refractivity contribution in [2.24, 2.45) is 5.92 Å². The van der Waals surface area contributed by atoms with Gasteiger partial charge < -0.3 is 5.32 Å². The minimum atomic E-state index is 0.0888. The van der Waals surface area contributed by atoms with Gasteiger partial charge in [-0.2, -0.15) is 0 Å². The predicted octanol–water partition coefficient (Wildman–Crippen LogP) is 1.80. The van der Waals surface area contributed by atoms with Crippen LogP contribution < -0.4 is 5.32 Å². The molecule has 6 nitrogen and oxygen atoms in total. The van der Waals surface area contributed by atoms with E-state index in [-0.39, 0.29) is 5.91 Å². The van der Waals surface area contributed by atoms with E-state index in [0.29, 0.717) is 17.7 Å². The van der Waals surface area contributed by atoms with Crippen LogP contribution in [0.3, 0.4) is 0 Å². The predicted molar refractivity (Wildman–Crippen MR) is 76.4 cm³/mol. The fraction of sp³-hybridized carbons (Fsp3) is 0.846. The molecule has 1 aromatic heterocycles. The topological polar surface area (TPSA) is 72.7 Å². The lowest BCUT2D eigenvalue weighted by atomic mass is 9.89. The highest BCUT2D eigenvalue weighted by molar-refractivity contribution is 7.99. The third-order valence-electron chi connectivity index (χ3n) is 4.00. The first-order chi connectivity index (χ1) is 9.83. The summed E-state index contributed by atoms with van der Waals surface area (Å²) in [6.07, 6.45) is 8.78. The molecule has 2 aliphatic carbocycles. The van der Waals surface area contributed by atoms with Gasteiger partial charge in [-0.15, -0.1) is 5.10 Å². The van der Waals surface area contributed by atoms with Gasteiger partial charge in [0.25, 0.3) is 0 Å². The number of carbonyl (C=O) groups is 1. The van der Waals surface area contributed by atoms with E-state index in [9.17, 15) is 4.79 Å². The highest BCUT2D eigenvalue weighted by atomic mass is 32.2. The summed E-state index contributed by atoms with van der Waals surface area (Å²) < 4.78 is 1.85. The summed E-state index contributed by atoms with van der Waals surface area (Å²) >= 11 is 1.43. The third kappa shape index (κ3) is 3.71. The molecule has 20 heavy (non-hydrogen) atoms. The number of thioether (sulfide) groups is 1. The summed E-state index contributed by atoms with van der Waals surface area (Å²) in [5, 5.41) is 15.5. The first kappa shape index (κ1) is 13.9. The lowest BCUT2D eigenvalue weighted by Crippen LogP contribution is -2.31. The Balaban J connectivity index is 1.39. The maximum absolute atomic E-state index is 11.9. The number of nitrogens with one attached hydrogen (secondary N) is 1. The quantitative estimate of drug-likeness (QED) is 0.810. The van der Waals surface area contributed by atoms with Crippen LogP contribution in [-0.2, 0) is 4.79 Å². The lowest BCUT2D eigenvalue weighted by molar-refractivity contribution is -0.118. The molecule has 1 amide bonds. The molecule has 0 spiro atoms. The van der Waals surface area contributed by atoms with E-state index in [1.165, 1.54) is 43.9 Å². The number of nitrogens with zero attached hydrogens (tertiary/aromatic N) is 4. The van der Waals surface area contributed by atoms with Crippen LogP contribution in [0, 0.1) is 5.92 Å². The summed E-state index contributed by atoms with van der Waals surface area (Å²) in [5.74, 6) is 1.17. The monoisotopic (exact) mass is 295 g/mol. The van der Waals surface area contributed by atoms with Gasteiger partial charge >= 0.3 is 0 Å². The van der Waals surface area contributed by atoms with E-state index in [0.717, 1.165) is 24.5 Å². The molecule has 1 N–H and O–H groups in total. The van der Waals surface area contributed by atoms with E-state index >= 15 is 0 Å². The standard InChI is InChI=1S/C13H21N5OS/c19-12(14-8-10-4-2-1-3-5-10)9-20-13-15-16-17-18(13)11-6-7-11/h10-11H,1-9H2,(H,14,19). The van der Waals surface area contributed by atoms with Gasteiger partial charge in [-0.3, -0.25) is 4.79 Å².